The van der Waals surface area contributed by atoms with Crippen LogP contribution in [0, 0.1) is 0 Å². The summed E-state index contributed by atoms with van der Waals surface area (Å²) in [6, 6.07) is 11.4. The summed E-state index contributed by atoms with van der Waals surface area (Å²) in [4.78, 5) is 12.5. The summed E-state index contributed by atoms with van der Waals surface area (Å²) in [7, 11) is -0.694. The Bertz CT molecular complexity index is 964. The average Bonchev–Trinajstić information content (AvgIpc) is 2.66. The van der Waals surface area contributed by atoms with Gasteiger partial charge in [-0.2, -0.15) is 0 Å². The predicted molar refractivity (Wildman–Crippen MR) is 98.1 cm³/mol. The number of para-hydroxylation sites is 1. The van der Waals surface area contributed by atoms with Crippen LogP contribution in [0.4, 0.5) is 0 Å². The van der Waals surface area contributed by atoms with Crippen molar-refractivity contribution in [3.63, 3.8) is 0 Å². The van der Waals surface area contributed by atoms with Crippen LogP contribution in [-0.4, -0.2) is 45.8 Å². The first-order chi connectivity index (χ1) is 12.4. The average molecular weight is 373 g/mol. The fourth-order valence-electron chi connectivity index (χ4n) is 2.51. The Labute approximate surface area is 152 Å². The zero-order valence-electron chi connectivity index (χ0n) is 14.5. The minimum atomic E-state index is -3.59. The van der Waals surface area contributed by atoms with Gasteiger partial charge in [0.25, 0.3) is 0 Å². The van der Waals surface area contributed by atoms with Crippen molar-refractivity contribution < 1.29 is 22.7 Å². The van der Waals surface area contributed by atoms with Crippen LogP contribution in [0.1, 0.15) is 15.9 Å². The Hall–Kier alpha value is -2.64. The summed E-state index contributed by atoms with van der Waals surface area (Å²) >= 11 is 0. The molecule has 0 spiro atoms. The number of carbonyl (C=O) groups is 1. The van der Waals surface area contributed by atoms with E-state index < -0.39 is 10.0 Å². The molecule has 1 aliphatic heterocycles. The first kappa shape index (κ1) is 18.2. The number of ether oxygens (including phenoxy) is 2. The number of hydrogen-bond donors (Lipinski definition) is 0. The summed E-state index contributed by atoms with van der Waals surface area (Å²) in [6.07, 6.45) is 3.04. The van der Waals surface area contributed by atoms with E-state index in [0.29, 0.717) is 30.3 Å². The molecule has 1 aliphatic rings. The molecule has 7 heteroatoms. The van der Waals surface area contributed by atoms with Crippen LogP contribution in [0.2, 0.25) is 0 Å². The molecule has 0 N–H and O–H groups in total. The first-order valence-corrected chi connectivity index (χ1v) is 9.47. The van der Waals surface area contributed by atoms with Crippen LogP contribution in [-0.2, 0) is 10.0 Å². The molecule has 0 saturated heterocycles. The molecule has 0 aromatic heterocycles. The third-order valence-electron chi connectivity index (χ3n) is 3.91. The summed E-state index contributed by atoms with van der Waals surface area (Å²) in [6.45, 7) is 0.947. The third-order valence-corrected chi connectivity index (χ3v) is 5.72. The lowest BCUT2D eigenvalue weighted by molar-refractivity contribution is 0.104. The largest absolute Gasteiger partial charge is 0.486 e. The molecule has 2 aromatic rings. The Kier molecular flexibility index (Phi) is 5.11. The van der Waals surface area contributed by atoms with Gasteiger partial charge in [-0.1, -0.05) is 24.3 Å². The fraction of sp³-hybridized carbons (Fsp3) is 0.211. The van der Waals surface area contributed by atoms with Gasteiger partial charge in [-0.05, 0) is 30.4 Å². The van der Waals surface area contributed by atoms with Gasteiger partial charge in [-0.25, -0.2) is 12.7 Å². The summed E-state index contributed by atoms with van der Waals surface area (Å²) < 4.78 is 36.7. The molecule has 0 aliphatic carbocycles. The van der Waals surface area contributed by atoms with Crippen LogP contribution in [0.25, 0.3) is 6.08 Å². The van der Waals surface area contributed by atoms with E-state index in [2.05, 4.69) is 0 Å². The minimum absolute atomic E-state index is 0.0792. The van der Waals surface area contributed by atoms with E-state index in [1.54, 1.807) is 18.2 Å². The lowest BCUT2D eigenvalue weighted by atomic mass is 10.1. The van der Waals surface area contributed by atoms with Crippen molar-refractivity contribution in [3.8, 4) is 11.5 Å². The highest BCUT2D eigenvalue weighted by atomic mass is 32.2. The molecule has 0 atom stereocenters. The minimum Gasteiger partial charge on any atom is -0.486 e. The lowest BCUT2D eigenvalue weighted by Crippen LogP contribution is -2.22. The van der Waals surface area contributed by atoms with Crippen LogP contribution >= 0.6 is 0 Å². The Morgan fingerprint density at radius 2 is 1.81 bits per heavy atom. The highest BCUT2D eigenvalue weighted by Gasteiger charge is 2.18. The number of fused-ring (bicyclic) bond motifs is 1. The standard InChI is InChI=1S/C19H19NO5S/c1-20(2)26(22,23)16-7-3-6-15(13-16)17(21)10-9-14-5-4-8-18-19(14)25-12-11-24-18/h3-10,13H,11-12H2,1-2H3/b10-9+. The highest BCUT2D eigenvalue weighted by molar-refractivity contribution is 7.89. The summed E-state index contributed by atoms with van der Waals surface area (Å²) in [5.41, 5.74) is 1.03. The molecule has 6 nitrogen and oxygen atoms in total. The number of benzene rings is 2. The van der Waals surface area contributed by atoms with Crippen molar-refractivity contribution in [2.45, 2.75) is 4.90 Å². The van der Waals surface area contributed by atoms with E-state index in [4.69, 9.17) is 9.47 Å². The molecule has 0 unspecified atom stereocenters. The number of rotatable bonds is 5. The Morgan fingerprint density at radius 1 is 1.08 bits per heavy atom. The van der Waals surface area contributed by atoms with E-state index in [0.717, 1.165) is 9.87 Å². The van der Waals surface area contributed by atoms with Gasteiger partial charge in [-0.3, -0.25) is 4.79 Å². The maximum Gasteiger partial charge on any atom is 0.242 e. The summed E-state index contributed by atoms with van der Waals surface area (Å²) in [5, 5.41) is 0. The molecule has 0 amide bonds. The molecule has 2 aromatic carbocycles. The number of ketones is 1. The van der Waals surface area contributed by atoms with Gasteiger partial charge in [0.2, 0.25) is 10.0 Å². The smallest absolute Gasteiger partial charge is 0.242 e. The molecule has 0 bridgehead atoms. The van der Waals surface area contributed by atoms with Crippen molar-refractivity contribution in [2.75, 3.05) is 27.3 Å². The maximum absolute atomic E-state index is 12.5. The van der Waals surface area contributed by atoms with Gasteiger partial charge < -0.3 is 9.47 Å². The maximum atomic E-state index is 12.5. The van der Waals surface area contributed by atoms with Crippen LogP contribution in [0.15, 0.2) is 53.4 Å². The molecular weight excluding hydrogens is 354 g/mol. The quantitative estimate of drug-likeness (QED) is 0.595. The van der Waals surface area contributed by atoms with Crippen LogP contribution in [0.5, 0.6) is 11.5 Å². The number of hydrogen-bond acceptors (Lipinski definition) is 5. The first-order valence-electron chi connectivity index (χ1n) is 8.03. The van der Waals surface area contributed by atoms with Gasteiger partial charge >= 0.3 is 0 Å². The van der Waals surface area contributed by atoms with Gasteiger partial charge in [0.15, 0.2) is 17.3 Å². The van der Waals surface area contributed by atoms with Crippen molar-refractivity contribution >= 4 is 21.9 Å². The molecule has 26 heavy (non-hydrogen) atoms. The van der Waals surface area contributed by atoms with Crippen molar-refractivity contribution in [3.05, 3.63) is 59.7 Å². The van der Waals surface area contributed by atoms with Crippen LogP contribution in [0.3, 0.4) is 0 Å². The zero-order valence-corrected chi connectivity index (χ0v) is 15.3. The predicted octanol–water partition coefficient (Wildman–Crippen LogP) is 2.60. The fourth-order valence-corrected chi connectivity index (χ4v) is 3.46. The monoisotopic (exact) mass is 373 g/mol. The molecule has 1 heterocycles. The van der Waals surface area contributed by atoms with Gasteiger partial charge in [-0.15, -0.1) is 0 Å². The van der Waals surface area contributed by atoms with Crippen molar-refractivity contribution in [2.24, 2.45) is 0 Å². The molecule has 3 rings (SSSR count). The molecular formula is C19H19NO5S. The van der Waals surface area contributed by atoms with Gasteiger partial charge in [0, 0.05) is 25.2 Å². The van der Waals surface area contributed by atoms with E-state index in [1.165, 1.54) is 32.3 Å². The van der Waals surface area contributed by atoms with E-state index in [9.17, 15) is 13.2 Å². The second-order valence-electron chi connectivity index (χ2n) is 5.88. The number of carbonyl (C=O) groups excluding carboxylic acids is 1. The normalized spacial score (nSPS) is 14.0. The molecule has 0 saturated carbocycles. The lowest BCUT2D eigenvalue weighted by Gasteiger charge is -2.19. The number of sulfonamides is 1. The van der Waals surface area contributed by atoms with E-state index in [1.807, 2.05) is 18.2 Å². The number of nitrogens with zero attached hydrogens (tertiary/aromatic N) is 1. The van der Waals surface area contributed by atoms with E-state index >= 15 is 0 Å². The Balaban J connectivity index is 1.87. The summed E-state index contributed by atoms with van der Waals surface area (Å²) in [5.74, 6) is 0.951. The second kappa shape index (κ2) is 7.31. The van der Waals surface area contributed by atoms with Crippen molar-refractivity contribution in [1.29, 1.82) is 0 Å². The SMILES string of the molecule is CN(C)S(=O)(=O)c1cccc(C(=O)/C=C/c2cccc3c2OCCO3)c1. The highest BCUT2D eigenvalue weighted by Crippen LogP contribution is 2.34. The topological polar surface area (TPSA) is 72.9 Å². The molecule has 0 radical (unpaired) electrons. The molecule has 0 fully saturated rings. The van der Waals surface area contributed by atoms with Gasteiger partial charge in [0.05, 0.1) is 4.90 Å². The van der Waals surface area contributed by atoms with Gasteiger partial charge in [0.1, 0.15) is 13.2 Å². The van der Waals surface area contributed by atoms with E-state index in [-0.39, 0.29) is 10.7 Å². The molecule has 136 valence electrons. The Morgan fingerprint density at radius 3 is 2.58 bits per heavy atom. The second-order valence-corrected chi connectivity index (χ2v) is 8.04. The van der Waals surface area contributed by atoms with Crippen molar-refractivity contribution in [1.82, 2.24) is 4.31 Å². The number of allylic oxidation sites excluding steroid dienone is 1. The zero-order chi connectivity index (χ0) is 18.7. The third kappa shape index (κ3) is 3.63. The van der Waals surface area contributed by atoms with Crippen LogP contribution < -0.4 is 9.47 Å².